The molecule has 348 valence electrons. The lowest BCUT2D eigenvalue weighted by molar-refractivity contribution is -0.134. The summed E-state index contributed by atoms with van der Waals surface area (Å²) >= 11 is 6.66. The number of alkyl halides is 2. The Balaban J connectivity index is 0.683. The number of rotatable bonds is 8. The summed E-state index contributed by atoms with van der Waals surface area (Å²) in [4.78, 5) is 54.5. The SMILES string of the molecule is Cn1nc(C2CCC(=O)NC2=O)c2ccc(N3CCC4(CCN(CC5CCN(c6ncc(Cl)c(Nc7ccc8c(c7)c7c(c(=O)n8C)OCC(F)(F)C(C8CC8)N7)n6)CC5)CC4)CC3)cc21. The number of carbonyl (C=O) groups excluding carboxylic acids is 2. The molecule has 4 saturated heterocycles. The van der Waals surface area contributed by atoms with E-state index in [0.29, 0.717) is 70.4 Å². The summed E-state index contributed by atoms with van der Waals surface area (Å²) in [5.41, 5.74) is 4.38. The number of fused-ring (bicyclic) bond motifs is 4. The topological polar surface area (TPSA) is 155 Å². The van der Waals surface area contributed by atoms with Gasteiger partial charge in [0.2, 0.25) is 23.5 Å². The molecule has 2 amide bonds. The van der Waals surface area contributed by atoms with E-state index in [1.165, 1.54) is 35.9 Å². The molecule has 3 N–H and O–H groups in total. The monoisotopic (exact) mass is 923 g/mol. The Labute approximate surface area is 386 Å². The molecule has 8 heterocycles. The number of pyridine rings is 1. The summed E-state index contributed by atoms with van der Waals surface area (Å²) in [6.45, 7) is 6.25. The van der Waals surface area contributed by atoms with Crippen LogP contribution >= 0.6 is 11.6 Å². The number of piperidine rings is 4. The molecular formula is C48H56ClF2N11O4. The van der Waals surface area contributed by atoms with E-state index >= 15 is 8.78 Å². The van der Waals surface area contributed by atoms with Crippen molar-refractivity contribution in [2.24, 2.45) is 31.3 Å². The van der Waals surface area contributed by atoms with Crippen LogP contribution in [0.5, 0.6) is 5.75 Å². The number of nitrogens with zero attached hydrogens (tertiary/aromatic N) is 8. The highest BCUT2D eigenvalue weighted by Crippen LogP contribution is 2.47. The number of hydrogen-bond donors (Lipinski definition) is 3. The van der Waals surface area contributed by atoms with E-state index in [9.17, 15) is 14.4 Å². The van der Waals surface area contributed by atoms with Crippen molar-refractivity contribution in [1.29, 1.82) is 0 Å². The number of amides is 2. The lowest BCUT2D eigenvalue weighted by Crippen LogP contribution is -2.48. The molecule has 66 heavy (non-hydrogen) atoms. The number of aromatic nitrogens is 5. The molecule has 5 aliphatic heterocycles. The average molecular weight is 924 g/mol. The fraction of sp³-hybridized carbons (Fsp3) is 0.542. The first-order chi connectivity index (χ1) is 31.8. The standard InChI is InChI=1S/C48H56ClF2N11O4/c1-58-36-9-5-30(23-34(36)40-41(45(58)65)66-27-48(50,51)42(55-40)29-3-4-29)53-43-35(49)25-52-46(56-43)62-17-11-28(12-18-62)26-60-19-13-47(14-20-60)15-21-61(22-16-47)31-6-7-32-37(24-31)59(2)57-39(32)33-8-10-38(63)54-44(33)64/h5-7,9,23-25,28-29,33,42,55H,3-4,8,10-22,26-27H2,1-2H3,(H,52,53,56)(H,54,63,64). The van der Waals surface area contributed by atoms with Crippen LogP contribution in [-0.4, -0.2) is 105 Å². The van der Waals surface area contributed by atoms with Crippen molar-refractivity contribution in [3.05, 3.63) is 63.7 Å². The smallest absolute Gasteiger partial charge is 0.301 e. The lowest BCUT2D eigenvalue weighted by Gasteiger charge is -2.48. The molecule has 11 rings (SSSR count). The van der Waals surface area contributed by atoms with E-state index in [1.54, 1.807) is 19.3 Å². The number of likely N-dealkylation sites (tertiary alicyclic amines) is 1. The van der Waals surface area contributed by atoms with Gasteiger partial charge in [0.1, 0.15) is 5.02 Å². The maximum absolute atomic E-state index is 15.2. The first-order valence-electron chi connectivity index (χ1n) is 23.6. The quantitative estimate of drug-likeness (QED) is 0.138. The highest BCUT2D eigenvalue weighted by atomic mass is 35.5. The third-order valence-electron chi connectivity index (χ3n) is 15.6. The van der Waals surface area contributed by atoms with Gasteiger partial charge < -0.3 is 34.6 Å². The lowest BCUT2D eigenvalue weighted by atomic mass is 9.71. The van der Waals surface area contributed by atoms with Gasteiger partial charge in [0.15, 0.2) is 12.4 Å². The second-order valence-corrected chi connectivity index (χ2v) is 20.1. The molecule has 5 fully saturated rings. The Hall–Kier alpha value is -5.55. The van der Waals surface area contributed by atoms with E-state index in [-0.39, 0.29) is 29.2 Å². The molecule has 15 nitrogen and oxygen atoms in total. The van der Waals surface area contributed by atoms with Crippen LogP contribution in [0.4, 0.5) is 37.6 Å². The second-order valence-electron chi connectivity index (χ2n) is 19.7. The van der Waals surface area contributed by atoms with Gasteiger partial charge in [0, 0.05) is 75.4 Å². The maximum Gasteiger partial charge on any atom is 0.301 e. The number of aryl methyl sites for hydroxylation is 2. The van der Waals surface area contributed by atoms with Crippen molar-refractivity contribution in [3.8, 4) is 5.75 Å². The molecule has 2 unspecified atom stereocenters. The summed E-state index contributed by atoms with van der Waals surface area (Å²) in [6.07, 6.45) is 10.8. The summed E-state index contributed by atoms with van der Waals surface area (Å²) in [6, 6.07) is 10.8. The molecule has 5 aromatic rings. The highest BCUT2D eigenvalue weighted by Gasteiger charge is 2.51. The van der Waals surface area contributed by atoms with Crippen LogP contribution < -0.4 is 36.0 Å². The molecule has 3 aromatic heterocycles. The van der Waals surface area contributed by atoms with Crippen LogP contribution in [0.3, 0.4) is 0 Å². The number of anilines is 5. The van der Waals surface area contributed by atoms with Gasteiger partial charge in [-0.25, -0.2) is 13.8 Å². The van der Waals surface area contributed by atoms with E-state index in [2.05, 4.69) is 53.8 Å². The van der Waals surface area contributed by atoms with Crippen LogP contribution in [0.15, 0.2) is 47.4 Å². The second kappa shape index (κ2) is 16.6. The molecule has 1 spiro atoms. The minimum atomic E-state index is -3.12. The molecule has 0 bridgehead atoms. The molecule has 0 radical (unpaired) electrons. The Kier molecular flexibility index (Phi) is 10.9. The van der Waals surface area contributed by atoms with Crippen molar-refractivity contribution >= 4 is 74.0 Å². The van der Waals surface area contributed by atoms with Crippen molar-refractivity contribution in [3.63, 3.8) is 0 Å². The molecule has 6 aliphatic rings. The van der Waals surface area contributed by atoms with Gasteiger partial charge in [-0.3, -0.25) is 24.4 Å². The van der Waals surface area contributed by atoms with Crippen LogP contribution in [0, 0.1) is 17.3 Å². The largest absolute Gasteiger partial charge is 0.480 e. The minimum absolute atomic E-state index is 0.0975. The van der Waals surface area contributed by atoms with Crippen molar-refractivity contribution in [2.75, 3.05) is 72.9 Å². The van der Waals surface area contributed by atoms with Crippen molar-refractivity contribution in [1.82, 2.24) is 34.5 Å². The van der Waals surface area contributed by atoms with Gasteiger partial charge in [0.25, 0.3) is 5.56 Å². The normalized spacial score (nSPS) is 23.7. The zero-order valence-corrected chi connectivity index (χ0v) is 38.2. The van der Waals surface area contributed by atoms with Gasteiger partial charge in [-0.2, -0.15) is 10.1 Å². The van der Waals surface area contributed by atoms with Gasteiger partial charge in [-0.05, 0) is 125 Å². The average Bonchev–Trinajstić information content (AvgIpc) is 4.12. The highest BCUT2D eigenvalue weighted by molar-refractivity contribution is 6.33. The molecule has 2 aromatic carbocycles. The molecular weight excluding hydrogens is 868 g/mol. The molecule has 2 atom stereocenters. The number of imide groups is 1. The Morgan fingerprint density at radius 2 is 1.64 bits per heavy atom. The predicted octanol–water partition coefficient (Wildman–Crippen LogP) is 6.95. The van der Waals surface area contributed by atoms with Crippen molar-refractivity contribution in [2.45, 2.75) is 82.1 Å². The van der Waals surface area contributed by atoms with E-state index in [4.69, 9.17) is 26.4 Å². The van der Waals surface area contributed by atoms with Crippen LogP contribution in [0.25, 0.3) is 21.8 Å². The molecule has 1 aliphatic carbocycles. The Bertz CT molecular complexity index is 2790. The van der Waals surface area contributed by atoms with Crippen LogP contribution in [0.1, 0.15) is 75.8 Å². The van der Waals surface area contributed by atoms with Gasteiger partial charge >= 0.3 is 5.92 Å². The summed E-state index contributed by atoms with van der Waals surface area (Å²) in [7, 11) is 3.54. The number of carbonyl (C=O) groups is 2. The Morgan fingerprint density at radius 3 is 2.38 bits per heavy atom. The number of nitrogens with one attached hydrogen (secondary N) is 3. The van der Waals surface area contributed by atoms with Gasteiger partial charge in [-0.15, -0.1) is 0 Å². The molecule has 1 saturated carbocycles. The van der Waals surface area contributed by atoms with Gasteiger partial charge in [-0.1, -0.05) is 11.6 Å². The van der Waals surface area contributed by atoms with Gasteiger partial charge in [0.05, 0.1) is 40.6 Å². The molecule has 18 heteroatoms. The zero-order valence-electron chi connectivity index (χ0n) is 37.4. The predicted molar refractivity (Wildman–Crippen MR) is 250 cm³/mol. The summed E-state index contributed by atoms with van der Waals surface area (Å²) in [5.74, 6) is -2.64. The third kappa shape index (κ3) is 7.98. The van der Waals surface area contributed by atoms with Crippen LogP contribution in [0.2, 0.25) is 5.02 Å². The zero-order chi connectivity index (χ0) is 45.5. The maximum atomic E-state index is 15.2. The van der Waals surface area contributed by atoms with E-state index in [0.717, 1.165) is 75.3 Å². The summed E-state index contributed by atoms with van der Waals surface area (Å²) < 4.78 is 39.2. The fourth-order valence-electron chi connectivity index (χ4n) is 11.3. The van der Waals surface area contributed by atoms with Crippen LogP contribution in [-0.2, 0) is 23.7 Å². The number of halogens is 3. The number of hydrogen-bond acceptors (Lipinski definition) is 12. The minimum Gasteiger partial charge on any atom is -0.480 e. The number of ether oxygens (including phenoxy) is 1. The van der Waals surface area contributed by atoms with E-state index < -0.39 is 30.0 Å². The van der Waals surface area contributed by atoms with Crippen molar-refractivity contribution < 1.29 is 23.1 Å². The number of benzene rings is 2. The van der Waals surface area contributed by atoms with E-state index in [1.807, 2.05) is 23.9 Å². The third-order valence-corrected chi connectivity index (χ3v) is 15.8. The first kappa shape index (κ1) is 43.0. The first-order valence-corrected chi connectivity index (χ1v) is 24.0. The summed E-state index contributed by atoms with van der Waals surface area (Å²) in [5, 5.41) is 15.5. The fourth-order valence-corrected chi connectivity index (χ4v) is 11.5. The Morgan fingerprint density at radius 1 is 0.879 bits per heavy atom.